The van der Waals surface area contributed by atoms with E-state index in [0.29, 0.717) is 12.4 Å². The second kappa shape index (κ2) is 5.40. The van der Waals surface area contributed by atoms with Crippen LogP contribution in [0.4, 0.5) is 11.5 Å². The van der Waals surface area contributed by atoms with Crippen LogP contribution in [0.2, 0.25) is 0 Å². The Labute approximate surface area is 107 Å². The van der Waals surface area contributed by atoms with Crippen LogP contribution in [0.3, 0.4) is 0 Å². The normalized spacial score (nSPS) is 10.1. The van der Waals surface area contributed by atoms with Gasteiger partial charge in [0.05, 0.1) is 5.69 Å². The number of ether oxygens (including phenoxy) is 1. The van der Waals surface area contributed by atoms with Crippen molar-refractivity contribution in [1.29, 1.82) is 0 Å². The van der Waals surface area contributed by atoms with Crippen LogP contribution < -0.4 is 15.4 Å². The van der Waals surface area contributed by atoms with E-state index in [0.717, 1.165) is 17.1 Å². The van der Waals surface area contributed by atoms with Crippen molar-refractivity contribution in [2.45, 2.75) is 6.61 Å². The van der Waals surface area contributed by atoms with Gasteiger partial charge in [0.15, 0.2) is 0 Å². The molecule has 0 amide bonds. The minimum absolute atomic E-state index is 0.419. The third-order valence-electron chi connectivity index (χ3n) is 2.55. The summed E-state index contributed by atoms with van der Waals surface area (Å²) >= 11 is 0. The van der Waals surface area contributed by atoms with Gasteiger partial charge >= 0.3 is 0 Å². The molecule has 94 valence electrons. The lowest BCUT2D eigenvalue weighted by atomic mass is 10.3. The number of hydrogen-bond donors (Lipinski definition) is 1. The standard InChI is InChI=1S/C14H17N3O/c1-17(2)12-6-4-7-13(9-12)18-10-11-5-3-8-14(15)16-11/h3-9H,10H2,1-2H3,(H2,15,16). The molecule has 0 fully saturated rings. The molecule has 0 aliphatic rings. The summed E-state index contributed by atoms with van der Waals surface area (Å²) in [6.07, 6.45) is 0. The third-order valence-corrected chi connectivity index (χ3v) is 2.55. The lowest BCUT2D eigenvalue weighted by Gasteiger charge is -2.14. The highest BCUT2D eigenvalue weighted by Gasteiger charge is 2.00. The molecule has 0 saturated carbocycles. The topological polar surface area (TPSA) is 51.4 Å². The van der Waals surface area contributed by atoms with Crippen molar-refractivity contribution < 1.29 is 4.74 Å². The van der Waals surface area contributed by atoms with Crippen molar-refractivity contribution in [2.75, 3.05) is 24.7 Å². The van der Waals surface area contributed by atoms with Crippen LogP contribution in [-0.2, 0) is 6.61 Å². The van der Waals surface area contributed by atoms with E-state index in [2.05, 4.69) is 4.98 Å². The number of anilines is 2. The van der Waals surface area contributed by atoms with Gasteiger partial charge in [-0.1, -0.05) is 12.1 Å². The summed E-state index contributed by atoms with van der Waals surface area (Å²) in [4.78, 5) is 6.22. The predicted octanol–water partition coefficient (Wildman–Crippen LogP) is 2.31. The lowest BCUT2D eigenvalue weighted by Crippen LogP contribution is -2.08. The van der Waals surface area contributed by atoms with Crippen LogP contribution in [0.15, 0.2) is 42.5 Å². The van der Waals surface area contributed by atoms with Gasteiger partial charge in [0.2, 0.25) is 0 Å². The van der Waals surface area contributed by atoms with Crippen molar-refractivity contribution in [1.82, 2.24) is 4.98 Å². The number of benzene rings is 1. The van der Waals surface area contributed by atoms with Gasteiger partial charge in [-0.3, -0.25) is 0 Å². The maximum Gasteiger partial charge on any atom is 0.130 e. The van der Waals surface area contributed by atoms with Gasteiger partial charge < -0.3 is 15.4 Å². The van der Waals surface area contributed by atoms with Crippen LogP contribution in [0.25, 0.3) is 0 Å². The molecule has 0 aliphatic carbocycles. The number of rotatable bonds is 4. The van der Waals surface area contributed by atoms with Crippen LogP contribution in [0.1, 0.15) is 5.69 Å². The number of hydrogen-bond acceptors (Lipinski definition) is 4. The van der Waals surface area contributed by atoms with E-state index >= 15 is 0 Å². The summed E-state index contributed by atoms with van der Waals surface area (Å²) in [5.41, 5.74) is 7.55. The van der Waals surface area contributed by atoms with Crippen molar-refractivity contribution in [3.63, 3.8) is 0 Å². The van der Waals surface area contributed by atoms with E-state index in [4.69, 9.17) is 10.5 Å². The molecule has 1 heterocycles. The summed E-state index contributed by atoms with van der Waals surface area (Å²) in [6.45, 7) is 0.419. The zero-order chi connectivity index (χ0) is 13.0. The molecule has 2 rings (SSSR count). The van der Waals surface area contributed by atoms with Crippen molar-refractivity contribution in [2.24, 2.45) is 0 Å². The fraction of sp³-hybridized carbons (Fsp3) is 0.214. The fourth-order valence-corrected chi connectivity index (χ4v) is 1.59. The van der Waals surface area contributed by atoms with E-state index in [1.54, 1.807) is 6.07 Å². The minimum atomic E-state index is 0.419. The van der Waals surface area contributed by atoms with Crippen LogP contribution in [0.5, 0.6) is 5.75 Å². The van der Waals surface area contributed by atoms with Crippen molar-refractivity contribution in [3.05, 3.63) is 48.2 Å². The molecule has 0 saturated heterocycles. The second-order valence-electron chi connectivity index (χ2n) is 4.23. The Morgan fingerprint density at radius 1 is 1.17 bits per heavy atom. The Morgan fingerprint density at radius 3 is 2.67 bits per heavy atom. The van der Waals surface area contributed by atoms with Crippen LogP contribution in [0, 0.1) is 0 Å². The monoisotopic (exact) mass is 243 g/mol. The van der Waals surface area contributed by atoms with E-state index < -0.39 is 0 Å². The molecule has 0 atom stereocenters. The highest BCUT2D eigenvalue weighted by molar-refractivity contribution is 5.49. The Bertz CT molecular complexity index is 526. The molecule has 2 aromatic rings. The molecule has 0 bridgehead atoms. The average Bonchev–Trinajstić information content (AvgIpc) is 2.37. The molecule has 0 unspecified atom stereocenters. The molecule has 0 radical (unpaired) electrons. The first-order chi connectivity index (χ1) is 8.65. The first-order valence-corrected chi connectivity index (χ1v) is 5.77. The summed E-state index contributed by atoms with van der Waals surface area (Å²) < 4.78 is 5.69. The van der Waals surface area contributed by atoms with Gasteiger partial charge in [-0.15, -0.1) is 0 Å². The SMILES string of the molecule is CN(C)c1cccc(OCc2cccc(N)n2)c1. The summed E-state index contributed by atoms with van der Waals surface area (Å²) in [6, 6.07) is 13.5. The van der Waals surface area contributed by atoms with Gasteiger partial charge in [-0.05, 0) is 24.3 Å². The Kier molecular flexibility index (Phi) is 3.67. The molecule has 0 aliphatic heterocycles. The first-order valence-electron chi connectivity index (χ1n) is 5.77. The largest absolute Gasteiger partial charge is 0.487 e. The number of pyridine rings is 1. The zero-order valence-corrected chi connectivity index (χ0v) is 10.6. The molecule has 4 heteroatoms. The summed E-state index contributed by atoms with van der Waals surface area (Å²) in [5, 5.41) is 0. The zero-order valence-electron chi connectivity index (χ0n) is 10.6. The van der Waals surface area contributed by atoms with Gasteiger partial charge in [0.1, 0.15) is 18.2 Å². The summed E-state index contributed by atoms with van der Waals surface area (Å²) in [7, 11) is 4.00. The molecular formula is C14H17N3O. The van der Waals surface area contributed by atoms with Crippen molar-refractivity contribution in [3.8, 4) is 5.75 Å². The molecule has 18 heavy (non-hydrogen) atoms. The molecule has 1 aromatic heterocycles. The average molecular weight is 243 g/mol. The van der Waals surface area contributed by atoms with Gasteiger partial charge in [-0.25, -0.2) is 4.98 Å². The van der Waals surface area contributed by atoms with Crippen LogP contribution in [-0.4, -0.2) is 19.1 Å². The quantitative estimate of drug-likeness (QED) is 0.895. The molecule has 4 nitrogen and oxygen atoms in total. The number of aromatic nitrogens is 1. The number of nitrogens with zero attached hydrogens (tertiary/aromatic N) is 2. The van der Waals surface area contributed by atoms with E-state index in [-0.39, 0.29) is 0 Å². The fourth-order valence-electron chi connectivity index (χ4n) is 1.59. The van der Waals surface area contributed by atoms with Crippen molar-refractivity contribution >= 4 is 11.5 Å². The lowest BCUT2D eigenvalue weighted by molar-refractivity contribution is 0.301. The maximum absolute atomic E-state index is 5.69. The second-order valence-corrected chi connectivity index (χ2v) is 4.23. The molecule has 2 N–H and O–H groups in total. The third kappa shape index (κ3) is 3.13. The van der Waals surface area contributed by atoms with Crippen LogP contribution >= 0.6 is 0 Å². The van der Waals surface area contributed by atoms with Gasteiger partial charge in [0, 0.05) is 25.8 Å². The van der Waals surface area contributed by atoms with Gasteiger partial charge in [0.25, 0.3) is 0 Å². The molecular weight excluding hydrogens is 226 g/mol. The predicted molar refractivity (Wildman–Crippen MR) is 73.8 cm³/mol. The summed E-state index contributed by atoms with van der Waals surface area (Å²) in [5.74, 6) is 1.34. The number of nitrogen functional groups attached to an aromatic ring is 1. The Morgan fingerprint density at radius 2 is 1.94 bits per heavy atom. The molecule has 1 aromatic carbocycles. The smallest absolute Gasteiger partial charge is 0.130 e. The minimum Gasteiger partial charge on any atom is -0.487 e. The highest BCUT2D eigenvalue weighted by atomic mass is 16.5. The Balaban J connectivity index is 2.04. The Hall–Kier alpha value is -2.23. The first kappa shape index (κ1) is 12.2. The van der Waals surface area contributed by atoms with E-state index in [1.807, 2.05) is 55.4 Å². The number of nitrogens with two attached hydrogens (primary N) is 1. The maximum atomic E-state index is 5.69. The van der Waals surface area contributed by atoms with E-state index in [9.17, 15) is 0 Å². The molecule has 0 spiro atoms. The highest BCUT2D eigenvalue weighted by Crippen LogP contribution is 2.20. The van der Waals surface area contributed by atoms with Gasteiger partial charge in [-0.2, -0.15) is 0 Å². The van der Waals surface area contributed by atoms with E-state index in [1.165, 1.54) is 0 Å².